The monoisotopic (exact) mass is 253 g/mol. The zero-order valence-corrected chi connectivity index (χ0v) is 11.7. The molecule has 1 aromatic heterocycles. The molecule has 0 unspecified atom stereocenters. The summed E-state index contributed by atoms with van der Waals surface area (Å²) in [5.74, 6) is 1.06. The summed E-state index contributed by atoms with van der Waals surface area (Å²) in [6.45, 7) is 8.72. The van der Waals surface area contributed by atoms with Gasteiger partial charge in [-0.25, -0.2) is 4.68 Å². The molecule has 1 aromatic rings. The van der Waals surface area contributed by atoms with E-state index in [0.29, 0.717) is 13.0 Å². The van der Waals surface area contributed by atoms with Crippen molar-refractivity contribution in [3.63, 3.8) is 0 Å². The van der Waals surface area contributed by atoms with Crippen LogP contribution in [0.15, 0.2) is 0 Å². The fraction of sp³-hybridized carbons (Fsp3) is 0.833. The molecule has 0 saturated carbocycles. The maximum absolute atomic E-state index is 11.8. The summed E-state index contributed by atoms with van der Waals surface area (Å²) in [5.41, 5.74) is 0. The van der Waals surface area contributed by atoms with Crippen LogP contribution in [0.5, 0.6) is 0 Å². The Hall–Kier alpha value is -1.46. The summed E-state index contributed by atoms with van der Waals surface area (Å²) >= 11 is 0. The molecule has 0 aliphatic carbocycles. The number of nitrogens with zero attached hydrogens (tertiary/aromatic N) is 4. The van der Waals surface area contributed by atoms with E-state index in [-0.39, 0.29) is 17.9 Å². The lowest BCUT2D eigenvalue weighted by Gasteiger charge is -2.13. The van der Waals surface area contributed by atoms with Crippen molar-refractivity contribution in [3.05, 3.63) is 5.82 Å². The van der Waals surface area contributed by atoms with Gasteiger partial charge in [-0.3, -0.25) is 4.79 Å². The van der Waals surface area contributed by atoms with Crippen LogP contribution in [-0.2, 0) is 11.2 Å². The lowest BCUT2D eigenvalue weighted by Crippen LogP contribution is -2.32. The van der Waals surface area contributed by atoms with E-state index >= 15 is 0 Å². The predicted molar refractivity (Wildman–Crippen MR) is 69.0 cm³/mol. The fourth-order valence-electron chi connectivity index (χ4n) is 1.88. The van der Waals surface area contributed by atoms with Gasteiger partial charge in [0, 0.05) is 18.9 Å². The number of hydrogen-bond donors (Lipinski definition) is 1. The molecule has 0 aliphatic heterocycles. The number of tetrazole rings is 1. The van der Waals surface area contributed by atoms with E-state index in [0.717, 1.165) is 18.7 Å². The Morgan fingerprint density at radius 3 is 2.56 bits per heavy atom. The molecule has 0 radical (unpaired) electrons. The van der Waals surface area contributed by atoms with Gasteiger partial charge < -0.3 is 5.32 Å². The molecule has 6 heteroatoms. The molecular formula is C12H23N5O. The van der Waals surface area contributed by atoms with Gasteiger partial charge in [0.25, 0.3) is 0 Å². The molecule has 1 rings (SSSR count). The Bertz CT molecular complexity index is 370. The second-order valence-corrected chi connectivity index (χ2v) is 4.69. The lowest BCUT2D eigenvalue weighted by molar-refractivity contribution is -0.125. The van der Waals surface area contributed by atoms with Gasteiger partial charge in [-0.15, -0.1) is 5.10 Å². The van der Waals surface area contributed by atoms with Crippen LogP contribution in [0.25, 0.3) is 0 Å². The van der Waals surface area contributed by atoms with Crippen molar-refractivity contribution in [1.82, 2.24) is 25.5 Å². The first-order chi connectivity index (χ1) is 8.60. The van der Waals surface area contributed by atoms with E-state index in [1.165, 1.54) is 0 Å². The van der Waals surface area contributed by atoms with Gasteiger partial charge in [0.05, 0.1) is 6.04 Å². The third-order valence-corrected chi connectivity index (χ3v) is 3.05. The number of carbonyl (C=O) groups excluding carboxylic acids is 1. The number of hydrogen-bond acceptors (Lipinski definition) is 4. The molecule has 0 saturated heterocycles. The number of carbonyl (C=O) groups is 1. The second kappa shape index (κ2) is 7.08. The third-order valence-electron chi connectivity index (χ3n) is 3.05. The molecule has 1 heterocycles. The van der Waals surface area contributed by atoms with E-state index < -0.39 is 0 Å². The molecule has 0 bridgehead atoms. The Morgan fingerprint density at radius 2 is 2.00 bits per heavy atom. The molecule has 102 valence electrons. The first-order valence-corrected chi connectivity index (χ1v) is 6.64. The van der Waals surface area contributed by atoms with E-state index in [1.807, 2.05) is 27.7 Å². The Balaban J connectivity index is 2.42. The molecule has 0 aromatic carbocycles. The maximum Gasteiger partial charge on any atom is 0.223 e. The average Bonchev–Trinajstić information content (AvgIpc) is 2.79. The van der Waals surface area contributed by atoms with Crippen molar-refractivity contribution in [2.75, 3.05) is 6.54 Å². The molecular weight excluding hydrogens is 230 g/mol. The zero-order valence-electron chi connectivity index (χ0n) is 11.7. The van der Waals surface area contributed by atoms with Crippen molar-refractivity contribution >= 4 is 5.91 Å². The standard InChI is InChI=1S/C12H23N5O/c1-5-10(6-2)12(18)13-8-7-11-14-15-16-17(11)9(3)4/h9-10H,5-8H2,1-4H3,(H,13,18). The van der Waals surface area contributed by atoms with Crippen LogP contribution in [0.3, 0.4) is 0 Å². The summed E-state index contributed by atoms with van der Waals surface area (Å²) in [7, 11) is 0. The molecule has 0 spiro atoms. The highest BCUT2D eigenvalue weighted by Crippen LogP contribution is 2.07. The number of rotatable bonds is 7. The van der Waals surface area contributed by atoms with Gasteiger partial charge in [-0.2, -0.15) is 0 Å². The fourth-order valence-corrected chi connectivity index (χ4v) is 1.88. The van der Waals surface area contributed by atoms with Crippen LogP contribution < -0.4 is 5.32 Å². The van der Waals surface area contributed by atoms with Gasteiger partial charge in [0.15, 0.2) is 5.82 Å². The van der Waals surface area contributed by atoms with Gasteiger partial charge in [0.1, 0.15) is 0 Å². The highest BCUT2D eigenvalue weighted by atomic mass is 16.1. The highest BCUT2D eigenvalue weighted by molar-refractivity contribution is 5.78. The molecule has 1 amide bonds. The zero-order chi connectivity index (χ0) is 13.5. The van der Waals surface area contributed by atoms with Crippen molar-refractivity contribution in [1.29, 1.82) is 0 Å². The normalized spacial score (nSPS) is 11.2. The van der Waals surface area contributed by atoms with E-state index in [9.17, 15) is 4.79 Å². The summed E-state index contributed by atoms with van der Waals surface area (Å²) < 4.78 is 1.78. The van der Waals surface area contributed by atoms with Crippen molar-refractivity contribution in [2.45, 2.75) is 53.0 Å². The van der Waals surface area contributed by atoms with Gasteiger partial charge >= 0.3 is 0 Å². The van der Waals surface area contributed by atoms with Crippen LogP contribution in [0.1, 0.15) is 52.4 Å². The van der Waals surface area contributed by atoms with Crippen LogP contribution in [0.2, 0.25) is 0 Å². The summed E-state index contributed by atoms with van der Waals surface area (Å²) in [6, 6.07) is 0.240. The third kappa shape index (κ3) is 3.78. The number of aromatic nitrogens is 4. The summed E-state index contributed by atoms with van der Waals surface area (Å²) in [5, 5.41) is 14.5. The Labute approximate surface area is 108 Å². The Morgan fingerprint density at radius 1 is 1.33 bits per heavy atom. The van der Waals surface area contributed by atoms with Gasteiger partial charge in [-0.05, 0) is 37.1 Å². The van der Waals surface area contributed by atoms with Crippen molar-refractivity contribution in [3.8, 4) is 0 Å². The molecule has 1 N–H and O–H groups in total. The molecule has 0 fully saturated rings. The van der Waals surface area contributed by atoms with Gasteiger partial charge in [-0.1, -0.05) is 13.8 Å². The summed E-state index contributed by atoms with van der Waals surface area (Å²) in [4.78, 5) is 11.8. The quantitative estimate of drug-likeness (QED) is 0.796. The van der Waals surface area contributed by atoms with Crippen LogP contribution in [-0.4, -0.2) is 32.7 Å². The topological polar surface area (TPSA) is 72.7 Å². The van der Waals surface area contributed by atoms with E-state index in [2.05, 4.69) is 20.8 Å². The maximum atomic E-state index is 11.8. The minimum Gasteiger partial charge on any atom is -0.355 e. The molecule has 0 atom stereocenters. The average molecular weight is 253 g/mol. The molecule has 18 heavy (non-hydrogen) atoms. The van der Waals surface area contributed by atoms with E-state index in [4.69, 9.17) is 0 Å². The number of nitrogens with one attached hydrogen (secondary N) is 1. The largest absolute Gasteiger partial charge is 0.355 e. The first-order valence-electron chi connectivity index (χ1n) is 6.64. The van der Waals surface area contributed by atoms with Crippen LogP contribution in [0, 0.1) is 5.92 Å². The van der Waals surface area contributed by atoms with Crippen LogP contribution >= 0.6 is 0 Å². The molecule has 6 nitrogen and oxygen atoms in total. The molecule has 0 aliphatic rings. The first kappa shape index (κ1) is 14.6. The summed E-state index contributed by atoms with van der Waals surface area (Å²) in [6.07, 6.45) is 2.43. The van der Waals surface area contributed by atoms with Crippen LogP contribution in [0.4, 0.5) is 0 Å². The second-order valence-electron chi connectivity index (χ2n) is 4.69. The smallest absolute Gasteiger partial charge is 0.223 e. The Kier molecular flexibility index (Phi) is 5.74. The predicted octanol–water partition coefficient (Wildman–Crippen LogP) is 1.35. The highest BCUT2D eigenvalue weighted by Gasteiger charge is 2.14. The minimum atomic E-state index is 0.117. The number of amides is 1. The SMILES string of the molecule is CCC(CC)C(=O)NCCc1nnnn1C(C)C. The van der Waals surface area contributed by atoms with Crippen molar-refractivity contribution in [2.24, 2.45) is 5.92 Å². The minimum absolute atomic E-state index is 0.117. The van der Waals surface area contributed by atoms with E-state index in [1.54, 1.807) is 4.68 Å². The van der Waals surface area contributed by atoms with Gasteiger partial charge in [0.2, 0.25) is 5.91 Å². The lowest BCUT2D eigenvalue weighted by atomic mass is 10.0. The van der Waals surface area contributed by atoms with Crippen molar-refractivity contribution < 1.29 is 4.79 Å².